The maximum absolute atomic E-state index is 11.7. The van der Waals surface area contributed by atoms with Gasteiger partial charge in [0.15, 0.2) is 11.5 Å². The van der Waals surface area contributed by atoms with Gasteiger partial charge in [0.1, 0.15) is 5.69 Å². The Balaban J connectivity index is 1.91. The number of hydrogen-bond donors (Lipinski definition) is 4. The van der Waals surface area contributed by atoms with Gasteiger partial charge >= 0.3 is 5.69 Å². The van der Waals surface area contributed by atoms with Gasteiger partial charge in [0.2, 0.25) is 5.91 Å². The molecular formula is C15H17N5O5. The van der Waals surface area contributed by atoms with Gasteiger partial charge < -0.3 is 9.84 Å². The van der Waals surface area contributed by atoms with Crippen LogP contribution in [0.5, 0.6) is 11.5 Å². The van der Waals surface area contributed by atoms with Crippen LogP contribution in [0.15, 0.2) is 32.9 Å². The molecule has 0 atom stereocenters. The van der Waals surface area contributed by atoms with Gasteiger partial charge in [-0.1, -0.05) is 6.07 Å². The molecule has 2 aromatic rings. The van der Waals surface area contributed by atoms with Gasteiger partial charge in [-0.05, 0) is 19.1 Å². The lowest BCUT2D eigenvalue weighted by Gasteiger charge is -2.07. The van der Waals surface area contributed by atoms with Crippen molar-refractivity contribution < 1.29 is 14.6 Å². The fraction of sp³-hybridized carbons (Fsp3) is 0.267. The van der Waals surface area contributed by atoms with Crippen LogP contribution in [0.2, 0.25) is 0 Å². The van der Waals surface area contributed by atoms with E-state index >= 15 is 0 Å². The third-order valence-electron chi connectivity index (χ3n) is 3.09. The van der Waals surface area contributed by atoms with Crippen molar-refractivity contribution in [2.24, 2.45) is 5.10 Å². The van der Waals surface area contributed by atoms with E-state index in [2.05, 4.69) is 20.7 Å². The number of aromatic nitrogens is 3. The average Bonchev–Trinajstić information content (AvgIpc) is 2.57. The second-order valence-corrected chi connectivity index (χ2v) is 4.87. The Morgan fingerprint density at radius 2 is 2.24 bits per heavy atom. The summed E-state index contributed by atoms with van der Waals surface area (Å²) in [6.07, 6.45) is 1.27. The molecule has 0 aliphatic heterocycles. The SMILES string of the molecule is CCOc1cccc(/C=N/NC(=O)CCc2n[nH]c(=O)[nH]c2=O)c1O. The number of rotatable bonds is 7. The Morgan fingerprint density at radius 1 is 1.44 bits per heavy atom. The van der Waals surface area contributed by atoms with Gasteiger partial charge in [-0.3, -0.25) is 14.6 Å². The van der Waals surface area contributed by atoms with Crippen LogP contribution in [-0.2, 0) is 11.2 Å². The molecule has 1 heterocycles. The number of amides is 1. The van der Waals surface area contributed by atoms with E-state index in [0.29, 0.717) is 17.9 Å². The minimum Gasteiger partial charge on any atom is -0.504 e. The van der Waals surface area contributed by atoms with Crippen LogP contribution in [0.1, 0.15) is 24.6 Å². The molecule has 1 aromatic carbocycles. The molecule has 0 aliphatic carbocycles. The Hall–Kier alpha value is -3.43. The number of hydrazone groups is 1. The molecule has 0 fully saturated rings. The van der Waals surface area contributed by atoms with Gasteiger partial charge in [0, 0.05) is 18.4 Å². The first-order chi connectivity index (χ1) is 12.0. The third kappa shape index (κ3) is 5.03. The highest BCUT2D eigenvalue weighted by Crippen LogP contribution is 2.28. The van der Waals surface area contributed by atoms with Crippen LogP contribution in [-0.4, -0.2) is 39.0 Å². The minimum absolute atomic E-state index is 0.0402. The van der Waals surface area contributed by atoms with Crippen molar-refractivity contribution >= 4 is 12.1 Å². The Morgan fingerprint density at radius 3 is 2.96 bits per heavy atom. The van der Waals surface area contributed by atoms with E-state index in [1.807, 2.05) is 4.98 Å². The normalized spacial score (nSPS) is 10.8. The van der Waals surface area contributed by atoms with E-state index in [4.69, 9.17) is 4.74 Å². The summed E-state index contributed by atoms with van der Waals surface area (Å²) in [5.41, 5.74) is 1.35. The molecule has 0 unspecified atom stereocenters. The summed E-state index contributed by atoms with van der Waals surface area (Å²) in [7, 11) is 0. The van der Waals surface area contributed by atoms with Crippen molar-refractivity contribution in [3.8, 4) is 11.5 Å². The molecule has 0 bridgehead atoms. The first kappa shape index (κ1) is 17.9. The fourth-order valence-electron chi connectivity index (χ4n) is 1.92. The molecule has 1 amide bonds. The second kappa shape index (κ2) is 8.43. The van der Waals surface area contributed by atoms with Gasteiger partial charge in [0.25, 0.3) is 5.56 Å². The molecular weight excluding hydrogens is 330 g/mol. The van der Waals surface area contributed by atoms with Crippen molar-refractivity contribution in [2.75, 3.05) is 6.61 Å². The van der Waals surface area contributed by atoms with Gasteiger partial charge in [0.05, 0.1) is 12.8 Å². The number of H-pyrrole nitrogens is 2. The van der Waals surface area contributed by atoms with Crippen LogP contribution >= 0.6 is 0 Å². The number of phenolic OH excluding ortho intramolecular Hbond substituents is 1. The average molecular weight is 347 g/mol. The van der Waals surface area contributed by atoms with Crippen LogP contribution in [0.25, 0.3) is 0 Å². The molecule has 2 rings (SSSR count). The maximum Gasteiger partial charge on any atom is 0.342 e. The third-order valence-corrected chi connectivity index (χ3v) is 3.09. The largest absolute Gasteiger partial charge is 0.504 e. The highest BCUT2D eigenvalue weighted by molar-refractivity contribution is 5.86. The lowest BCUT2D eigenvalue weighted by Crippen LogP contribution is -2.28. The number of phenols is 1. The van der Waals surface area contributed by atoms with Gasteiger partial charge in [-0.15, -0.1) is 0 Å². The summed E-state index contributed by atoms with van der Waals surface area (Å²) in [5, 5.41) is 19.4. The summed E-state index contributed by atoms with van der Waals surface area (Å²) < 4.78 is 5.25. The summed E-state index contributed by atoms with van der Waals surface area (Å²) in [4.78, 5) is 36.0. The van der Waals surface area contributed by atoms with Crippen molar-refractivity contribution in [3.63, 3.8) is 0 Å². The molecule has 0 aliphatic rings. The molecule has 1 aromatic heterocycles. The van der Waals surface area contributed by atoms with Crippen LogP contribution in [0.3, 0.4) is 0 Å². The smallest absolute Gasteiger partial charge is 0.342 e. The first-order valence-corrected chi connectivity index (χ1v) is 7.45. The molecule has 10 nitrogen and oxygen atoms in total. The number of para-hydroxylation sites is 1. The van der Waals surface area contributed by atoms with Crippen molar-refractivity contribution in [3.05, 3.63) is 50.3 Å². The number of carbonyl (C=O) groups excluding carboxylic acids is 1. The van der Waals surface area contributed by atoms with E-state index in [9.17, 15) is 19.5 Å². The van der Waals surface area contributed by atoms with Crippen LogP contribution in [0, 0.1) is 0 Å². The van der Waals surface area contributed by atoms with Crippen molar-refractivity contribution in [1.82, 2.24) is 20.6 Å². The molecule has 0 spiro atoms. The molecule has 132 valence electrons. The molecule has 0 saturated carbocycles. The highest BCUT2D eigenvalue weighted by atomic mass is 16.5. The predicted molar refractivity (Wildman–Crippen MR) is 88.8 cm³/mol. The number of aromatic hydroxyl groups is 1. The Bertz CT molecular complexity index is 886. The van der Waals surface area contributed by atoms with Crippen LogP contribution < -0.4 is 21.4 Å². The number of aromatic amines is 2. The molecule has 10 heteroatoms. The van der Waals surface area contributed by atoms with E-state index in [1.54, 1.807) is 25.1 Å². The minimum atomic E-state index is -0.711. The fourth-order valence-corrected chi connectivity index (χ4v) is 1.92. The molecule has 4 N–H and O–H groups in total. The van der Waals surface area contributed by atoms with Crippen molar-refractivity contribution in [1.29, 1.82) is 0 Å². The van der Waals surface area contributed by atoms with Gasteiger partial charge in [-0.2, -0.15) is 10.2 Å². The number of nitrogens with one attached hydrogen (secondary N) is 3. The number of hydrogen-bond acceptors (Lipinski definition) is 7. The second-order valence-electron chi connectivity index (χ2n) is 4.87. The quantitative estimate of drug-likeness (QED) is 0.397. The van der Waals surface area contributed by atoms with Gasteiger partial charge in [-0.25, -0.2) is 15.3 Å². The van der Waals surface area contributed by atoms with E-state index < -0.39 is 17.2 Å². The Kier molecular flexibility index (Phi) is 6.04. The van der Waals surface area contributed by atoms with Crippen LogP contribution in [0.4, 0.5) is 0 Å². The number of carbonyl (C=O) groups is 1. The molecule has 25 heavy (non-hydrogen) atoms. The number of aryl methyl sites for hydroxylation is 1. The van der Waals surface area contributed by atoms with E-state index in [0.717, 1.165) is 0 Å². The lowest BCUT2D eigenvalue weighted by atomic mass is 10.2. The zero-order valence-electron chi connectivity index (χ0n) is 13.4. The number of ether oxygens (including phenoxy) is 1. The summed E-state index contributed by atoms with van der Waals surface area (Å²) >= 11 is 0. The standard InChI is InChI=1S/C15H17N5O5/c1-2-25-11-5-3-4-9(13(11)22)8-16-19-12(21)7-6-10-14(23)17-15(24)20-18-10/h3-5,8,22H,2,6-7H2,1H3,(H,19,21)(H2,17,20,23,24)/b16-8+. The predicted octanol–water partition coefficient (Wildman–Crippen LogP) is -0.355. The monoisotopic (exact) mass is 347 g/mol. The highest BCUT2D eigenvalue weighted by Gasteiger charge is 2.08. The Labute approximate surface area is 141 Å². The van der Waals surface area contributed by atoms with E-state index in [-0.39, 0.29) is 24.3 Å². The topological polar surface area (TPSA) is 150 Å². The van der Waals surface area contributed by atoms with Crippen molar-refractivity contribution in [2.45, 2.75) is 19.8 Å². The molecule has 0 saturated heterocycles. The zero-order valence-corrected chi connectivity index (χ0v) is 13.4. The van der Waals surface area contributed by atoms with E-state index in [1.165, 1.54) is 6.21 Å². The summed E-state index contributed by atoms with van der Waals surface area (Å²) in [5.74, 6) is -0.212. The molecule has 0 radical (unpaired) electrons. The summed E-state index contributed by atoms with van der Waals surface area (Å²) in [6, 6.07) is 4.91. The number of nitrogens with zero attached hydrogens (tertiary/aromatic N) is 2. The maximum atomic E-state index is 11.7. The number of benzene rings is 1. The summed E-state index contributed by atoms with van der Waals surface area (Å²) in [6.45, 7) is 2.20. The lowest BCUT2D eigenvalue weighted by molar-refractivity contribution is -0.121. The zero-order chi connectivity index (χ0) is 18.2. The first-order valence-electron chi connectivity index (χ1n) is 7.45.